The maximum atomic E-state index is 11.8. The van der Waals surface area contributed by atoms with Crippen molar-refractivity contribution in [3.05, 3.63) is 33.8 Å². The Morgan fingerprint density at radius 3 is 2.43 bits per heavy atom. The Morgan fingerprint density at radius 2 is 1.91 bits per heavy atom. The summed E-state index contributed by atoms with van der Waals surface area (Å²) in [7, 11) is 1.69. The van der Waals surface area contributed by atoms with E-state index < -0.39 is 0 Å². The average Bonchev–Trinajstić information content (AvgIpc) is 2.38. The van der Waals surface area contributed by atoms with Crippen molar-refractivity contribution in [2.45, 2.75) is 39.8 Å². The number of guanidine groups is 1. The van der Waals surface area contributed by atoms with Crippen LogP contribution >= 0.6 is 39.9 Å². The molecule has 0 saturated heterocycles. The summed E-state index contributed by atoms with van der Waals surface area (Å²) in [6.07, 6.45) is 0. The van der Waals surface area contributed by atoms with E-state index in [1.54, 1.807) is 7.05 Å². The van der Waals surface area contributed by atoms with Crippen molar-refractivity contribution in [3.63, 3.8) is 0 Å². The SMILES string of the molecule is CN=C(NCC(=O)NC(C)(C)C)NCc1ccc(Br)cc1C.I. The molecule has 0 aromatic heterocycles. The van der Waals surface area contributed by atoms with E-state index in [4.69, 9.17) is 0 Å². The van der Waals surface area contributed by atoms with Gasteiger partial charge in [0.2, 0.25) is 5.91 Å². The van der Waals surface area contributed by atoms with Gasteiger partial charge in [0, 0.05) is 23.6 Å². The second-order valence-electron chi connectivity index (χ2n) is 6.15. The third kappa shape index (κ3) is 9.14. The summed E-state index contributed by atoms with van der Waals surface area (Å²) in [4.78, 5) is 15.9. The maximum Gasteiger partial charge on any atom is 0.239 e. The minimum atomic E-state index is -0.232. The fourth-order valence-corrected chi connectivity index (χ4v) is 2.36. The van der Waals surface area contributed by atoms with Gasteiger partial charge in [-0.05, 0) is 51.0 Å². The first-order chi connectivity index (χ1) is 10.2. The first kappa shape index (κ1) is 22.2. The van der Waals surface area contributed by atoms with E-state index in [0.717, 1.165) is 4.47 Å². The molecule has 0 spiro atoms. The summed E-state index contributed by atoms with van der Waals surface area (Å²) < 4.78 is 1.06. The van der Waals surface area contributed by atoms with Gasteiger partial charge >= 0.3 is 0 Å². The third-order valence-corrected chi connectivity index (χ3v) is 3.40. The first-order valence-corrected chi connectivity index (χ1v) is 8.01. The average molecular weight is 497 g/mol. The highest BCUT2D eigenvalue weighted by molar-refractivity contribution is 14.0. The predicted molar refractivity (Wildman–Crippen MR) is 110 cm³/mol. The molecular weight excluding hydrogens is 471 g/mol. The number of carbonyl (C=O) groups excluding carboxylic acids is 1. The molecule has 0 fully saturated rings. The molecule has 0 aliphatic heterocycles. The number of nitrogens with one attached hydrogen (secondary N) is 3. The van der Waals surface area contributed by atoms with Crippen molar-refractivity contribution in [3.8, 4) is 0 Å². The van der Waals surface area contributed by atoms with E-state index in [0.29, 0.717) is 12.5 Å². The highest BCUT2D eigenvalue weighted by Crippen LogP contribution is 2.15. The first-order valence-electron chi connectivity index (χ1n) is 7.22. The zero-order valence-electron chi connectivity index (χ0n) is 14.3. The minimum Gasteiger partial charge on any atom is -0.352 e. The molecule has 0 heterocycles. The van der Waals surface area contributed by atoms with E-state index in [1.807, 2.05) is 26.8 Å². The van der Waals surface area contributed by atoms with Crippen LogP contribution in [0.15, 0.2) is 27.7 Å². The summed E-state index contributed by atoms with van der Waals surface area (Å²) in [5.74, 6) is 0.543. The van der Waals surface area contributed by atoms with Gasteiger partial charge in [-0.25, -0.2) is 0 Å². The number of carbonyl (C=O) groups is 1. The molecule has 23 heavy (non-hydrogen) atoms. The lowest BCUT2D eigenvalue weighted by molar-refractivity contribution is -0.121. The summed E-state index contributed by atoms with van der Waals surface area (Å²) in [6.45, 7) is 8.77. The number of aryl methyl sites for hydroxylation is 1. The van der Waals surface area contributed by atoms with Gasteiger partial charge in [0.05, 0.1) is 6.54 Å². The number of benzene rings is 1. The van der Waals surface area contributed by atoms with Crippen LogP contribution in [0.3, 0.4) is 0 Å². The van der Waals surface area contributed by atoms with Crippen molar-refractivity contribution in [2.75, 3.05) is 13.6 Å². The van der Waals surface area contributed by atoms with Gasteiger partial charge in [0.1, 0.15) is 0 Å². The molecule has 0 bridgehead atoms. The van der Waals surface area contributed by atoms with Crippen molar-refractivity contribution in [2.24, 2.45) is 4.99 Å². The number of hydrogen-bond donors (Lipinski definition) is 3. The van der Waals surface area contributed by atoms with E-state index >= 15 is 0 Å². The molecule has 0 atom stereocenters. The molecule has 1 aromatic carbocycles. The normalized spacial score (nSPS) is 11.5. The molecule has 1 aromatic rings. The standard InChI is InChI=1S/C16H25BrN4O.HI/c1-11-8-13(17)7-6-12(11)9-19-15(18-5)20-10-14(22)21-16(2,3)4;/h6-8H,9-10H2,1-5H3,(H,21,22)(H2,18,19,20);1H. The summed E-state index contributed by atoms with van der Waals surface area (Å²) >= 11 is 3.45. The Bertz CT molecular complexity index is 556. The van der Waals surface area contributed by atoms with Crippen molar-refractivity contribution in [1.82, 2.24) is 16.0 Å². The van der Waals surface area contributed by atoms with Crippen LogP contribution in [0.2, 0.25) is 0 Å². The largest absolute Gasteiger partial charge is 0.352 e. The minimum absolute atomic E-state index is 0. The fourth-order valence-electron chi connectivity index (χ4n) is 1.88. The molecule has 3 N–H and O–H groups in total. The van der Waals surface area contributed by atoms with Crippen LogP contribution in [0.25, 0.3) is 0 Å². The van der Waals surface area contributed by atoms with Crippen LogP contribution in [-0.4, -0.2) is 31.0 Å². The van der Waals surface area contributed by atoms with Gasteiger partial charge in [-0.2, -0.15) is 0 Å². The van der Waals surface area contributed by atoms with Crippen LogP contribution in [0.4, 0.5) is 0 Å². The molecule has 7 heteroatoms. The Kier molecular flexibility index (Phi) is 9.76. The lowest BCUT2D eigenvalue weighted by Gasteiger charge is -2.21. The molecule has 0 radical (unpaired) electrons. The van der Waals surface area contributed by atoms with Crippen LogP contribution in [0.1, 0.15) is 31.9 Å². The van der Waals surface area contributed by atoms with Crippen molar-refractivity contribution in [1.29, 1.82) is 0 Å². The number of halogens is 2. The molecule has 5 nitrogen and oxygen atoms in total. The van der Waals surface area contributed by atoms with Crippen LogP contribution in [0, 0.1) is 6.92 Å². The lowest BCUT2D eigenvalue weighted by atomic mass is 10.1. The summed E-state index contributed by atoms with van der Waals surface area (Å²) in [5.41, 5.74) is 2.15. The van der Waals surface area contributed by atoms with Crippen LogP contribution in [-0.2, 0) is 11.3 Å². The van der Waals surface area contributed by atoms with Crippen LogP contribution in [0.5, 0.6) is 0 Å². The highest BCUT2D eigenvalue weighted by atomic mass is 127. The number of nitrogens with zero attached hydrogens (tertiary/aromatic N) is 1. The van der Waals surface area contributed by atoms with Crippen molar-refractivity contribution >= 4 is 51.8 Å². The molecule has 1 amide bonds. The van der Waals surface area contributed by atoms with Gasteiger partial charge in [0.25, 0.3) is 0 Å². The van der Waals surface area contributed by atoms with E-state index in [9.17, 15) is 4.79 Å². The predicted octanol–water partition coefficient (Wildman–Crippen LogP) is 2.96. The smallest absolute Gasteiger partial charge is 0.239 e. The summed E-state index contributed by atoms with van der Waals surface area (Å²) in [5, 5.41) is 9.12. The molecule has 0 aliphatic rings. The Balaban J connectivity index is 0.00000484. The van der Waals surface area contributed by atoms with Gasteiger partial charge in [-0.3, -0.25) is 9.79 Å². The molecular formula is C16H26BrIN4O. The second kappa shape index (κ2) is 10.1. The topological polar surface area (TPSA) is 65.5 Å². The molecule has 0 saturated carbocycles. The Hall–Kier alpha value is -0.830. The number of amides is 1. The van der Waals surface area contributed by atoms with Gasteiger partial charge < -0.3 is 16.0 Å². The van der Waals surface area contributed by atoms with Crippen LogP contribution < -0.4 is 16.0 Å². The van der Waals surface area contributed by atoms with E-state index in [1.165, 1.54) is 11.1 Å². The monoisotopic (exact) mass is 496 g/mol. The second-order valence-corrected chi connectivity index (χ2v) is 7.06. The number of hydrogen-bond acceptors (Lipinski definition) is 2. The molecule has 1 rings (SSSR count). The zero-order chi connectivity index (χ0) is 16.8. The quantitative estimate of drug-likeness (QED) is 0.341. The molecule has 0 aliphatic carbocycles. The van der Waals surface area contributed by atoms with Gasteiger partial charge in [0.15, 0.2) is 5.96 Å². The van der Waals surface area contributed by atoms with Crippen molar-refractivity contribution < 1.29 is 4.79 Å². The summed E-state index contributed by atoms with van der Waals surface area (Å²) in [6, 6.07) is 6.15. The zero-order valence-corrected chi connectivity index (χ0v) is 18.2. The van der Waals surface area contributed by atoms with Gasteiger partial charge in [-0.1, -0.05) is 22.0 Å². The Morgan fingerprint density at radius 1 is 1.26 bits per heavy atom. The van der Waals surface area contributed by atoms with E-state index in [-0.39, 0.29) is 42.0 Å². The number of aliphatic imine (C=N–C) groups is 1. The molecule has 0 unspecified atom stereocenters. The van der Waals surface area contributed by atoms with E-state index in [2.05, 4.69) is 55.9 Å². The fraction of sp³-hybridized carbons (Fsp3) is 0.500. The lowest BCUT2D eigenvalue weighted by Crippen LogP contribution is -2.48. The maximum absolute atomic E-state index is 11.8. The highest BCUT2D eigenvalue weighted by Gasteiger charge is 2.13. The Labute approximate surface area is 164 Å². The number of rotatable bonds is 4. The van der Waals surface area contributed by atoms with Gasteiger partial charge in [-0.15, -0.1) is 24.0 Å². The molecule has 130 valence electrons. The third-order valence-electron chi connectivity index (χ3n) is 2.91.